The third-order valence-corrected chi connectivity index (χ3v) is 2.13. The molecule has 0 aliphatic rings. The average molecular weight is 204 g/mol. The second-order valence-corrected chi connectivity index (χ2v) is 3.22. The average Bonchev–Trinajstić information content (AvgIpc) is 2.72. The number of amides is 1. The van der Waals surface area contributed by atoms with Crippen LogP contribution in [0.15, 0.2) is 24.4 Å². The summed E-state index contributed by atoms with van der Waals surface area (Å²) in [4.78, 5) is 11.6. The first kappa shape index (κ1) is 9.67. The fourth-order valence-corrected chi connectivity index (χ4v) is 1.37. The Bertz CT molecular complexity index is 477. The number of benzene rings is 1. The standard InChI is InChI=1S/C10H12N4O/c11-3-4-12-10(15)7-1-2-8-6-13-14-9(8)5-7/h1-2,5-6H,3-4,11H2,(H,12,15)(H,13,14). The van der Waals surface area contributed by atoms with Crippen molar-refractivity contribution < 1.29 is 4.79 Å². The van der Waals surface area contributed by atoms with Crippen molar-refractivity contribution in [3.05, 3.63) is 30.0 Å². The van der Waals surface area contributed by atoms with Crippen LogP contribution in [0.2, 0.25) is 0 Å². The monoisotopic (exact) mass is 204 g/mol. The highest BCUT2D eigenvalue weighted by Crippen LogP contribution is 2.12. The van der Waals surface area contributed by atoms with Crippen molar-refractivity contribution in [1.82, 2.24) is 15.5 Å². The van der Waals surface area contributed by atoms with Gasteiger partial charge in [0.15, 0.2) is 0 Å². The summed E-state index contributed by atoms with van der Waals surface area (Å²) in [5.74, 6) is -0.114. The van der Waals surface area contributed by atoms with E-state index in [1.54, 1.807) is 18.3 Å². The molecule has 1 amide bonds. The molecule has 2 aromatic rings. The quantitative estimate of drug-likeness (QED) is 0.670. The van der Waals surface area contributed by atoms with Gasteiger partial charge in [-0.05, 0) is 12.1 Å². The summed E-state index contributed by atoms with van der Waals surface area (Å²) in [5.41, 5.74) is 6.77. The van der Waals surface area contributed by atoms with Crippen LogP contribution in [0.25, 0.3) is 10.9 Å². The van der Waals surface area contributed by atoms with Gasteiger partial charge in [-0.25, -0.2) is 0 Å². The first-order valence-electron chi connectivity index (χ1n) is 4.72. The maximum atomic E-state index is 11.6. The number of hydrogen-bond acceptors (Lipinski definition) is 3. The molecule has 5 nitrogen and oxygen atoms in total. The zero-order valence-electron chi connectivity index (χ0n) is 8.16. The van der Waals surface area contributed by atoms with Crippen LogP contribution < -0.4 is 11.1 Å². The summed E-state index contributed by atoms with van der Waals surface area (Å²) >= 11 is 0. The lowest BCUT2D eigenvalue weighted by atomic mass is 10.1. The molecule has 1 aromatic heterocycles. The van der Waals surface area contributed by atoms with E-state index >= 15 is 0 Å². The molecular formula is C10H12N4O. The predicted molar refractivity (Wildman–Crippen MR) is 57.5 cm³/mol. The van der Waals surface area contributed by atoms with Gasteiger partial charge in [0.25, 0.3) is 5.91 Å². The molecule has 0 bridgehead atoms. The van der Waals surface area contributed by atoms with Crippen molar-refractivity contribution >= 4 is 16.8 Å². The SMILES string of the molecule is NCCNC(=O)c1ccc2cn[nH]c2c1. The molecule has 0 atom stereocenters. The minimum atomic E-state index is -0.114. The molecular weight excluding hydrogens is 192 g/mol. The Morgan fingerprint density at radius 3 is 3.20 bits per heavy atom. The fourth-order valence-electron chi connectivity index (χ4n) is 1.37. The molecule has 0 saturated carbocycles. The van der Waals surface area contributed by atoms with Crippen LogP contribution >= 0.6 is 0 Å². The van der Waals surface area contributed by atoms with Crippen molar-refractivity contribution in [1.29, 1.82) is 0 Å². The lowest BCUT2D eigenvalue weighted by Crippen LogP contribution is -2.28. The van der Waals surface area contributed by atoms with Gasteiger partial charge in [-0.3, -0.25) is 9.89 Å². The van der Waals surface area contributed by atoms with E-state index in [-0.39, 0.29) is 5.91 Å². The summed E-state index contributed by atoms with van der Waals surface area (Å²) in [7, 11) is 0. The van der Waals surface area contributed by atoms with Gasteiger partial charge in [-0.1, -0.05) is 6.07 Å². The third-order valence-electron chi connectivity index (χ3n) is 2.13. The maximum absolute atomic E-state index is 11.6. The molecule has 1 heterocycles. The number of aromatic nitrogens is 2. The molecule has 78 valence electrons. The summed E-state index contributed by atoms with van der Waals surface area (Å²) in [6.45, 7) is 0.928. The Morgan fingerprint density at radius 1 is 1.53 bits per heavy atom. The van der Waals surface area contributed by atoms with E-state index in [1.165, 1.54) is 0 Å². The van der Waals surface area contributed by atoms with Gasteiger partial charge in [-0.2, -0.15) is 5.10 Å². The fraction of sp³-hybridized carbons (Fsp3) is 0.200. The number of nitrogens with zero attached hydrogens (tertiary/aromatic N) is 1. The van der Waals surface area contributed by atoms with Gasteiger partial charge in [0.1, 0.15) is 0 Å². The van der Waals surface area contributed by atoms with Crippen molar-refractivity contribution in [2.75, 3.05) is 13.1 Å². The molecule has 5 heteroatoms. The topological polar surface area (TPSA) is 83.8 Å². The predicted octanol–water partition coefficient (Wildman–Crippen LogP) is 0.251. The van der Waals surface area contributed by atoms with Crippen LogP contribution in [0.4, 0.5) is 0 Å². The van der Waals surface area contributed by atoms with Crippen LogP contribution in [0.5, 0.6) is 0 Å². The number of hydrogen-bond donors (Lipinski definition) is 3. The zero-order valence-corrected chi connectivity index (χ0v) is 8.16. The van der Waals surface area contributed by atoms with Crippen molar-refractivity contribution in [2.45, 2.75) is 0 Å². The van der Waals surface area contributed by atoms with Crippen LogP contribution in [-0.4, -0.2) is 29.2 Å². The number of carbonyl (C=O) groups excluding carboxylic acids is 1. The van der Waals surface area contributed by atoms with Crippen LogP contribution in [0.3, 0.4) is 0 Å². The highest BCUT2D eigenvalue weighted by molar-refractivity contribution is 5.97. The van der Waals surface area contributed by atoms with Crippen LogP contribution in [0, 0.1) is 0 Å². The van der Waals surface area contributed by atoms with Crippen molar-refractivity contribution in [2.24, 2.45) is 5.73 Å². The lowest BCUT2D eigenvalue weighted by Gasteiger charge is -2.02. The normalized spacial score (nSPS) is 10.5. The Labute approximate surface area is 86.7 Å². The lowest BCUT2D eigenvalue weighted by molar-refractivity contribution is 0.0955. The molecule has 0 spiro atoms. The molecule has 15 heavy (non-hydrogen) atoms. The zero-order chi connectivity index (χ0) is 10.7. The molecule has 1 aromatic carbocycles. The molecule has 0 aliphatic carbocycles. The van der Waals surface area contributed by atoms with E-state index in [4.69, 9.17) is 5.73 Å². The Hall–Kier alpha value is -1.88. The smallest absolute Gasteiger partial charge is 0.251 e. The maximum Gasteiger partial charge on any atom is 0.251 e. The van der Waals surface area contributed by atoms with Gasteiger partial charge in [0.05, 0.1) is 11.7 Å². The third kappa shape index (κ3) is 1.97. The van der Waals surface area contributed by atoms with E-state index in [2.05, 4.69) is 15.5 Å². The van der Waals surface area contributed by atoms with Gasteiger partial charge in [0, 0.05) is 24.0 Å². The minimum absolute atomic E-state index is 0.114. The minimum Gasteiger partial charge on any atom is -0.351 e. The second-order valence-electron chi connectivity index (χ2n) is 3.22. The molecule has 4 N–H and O–H groups in total. The first-order chi connectivity index (χ1) is 7.31. The Kier molecular flexibility index (Phi) is 2.64. The molecule has 2 rings (SSSR count). The van der Waals surface area contributed by atoms with Gasteiger partial charge >= 0.3 is 0 Å². The molecule has 0 aliphatic heterocycles. The summed E-state index contributed by atoms with van der Waals surface area (Å²) < 4.78 is 0. The number of rotatable bonds is 3. The Balaban J connectivity index is 2.23. The Morgan fingerprint density at radius 2 is 2.40 bits per heavy atom. The van der Waals surface area contributed by atoms with Gasteiger partial charge in [-0.15, -0.1) is 0 Å². The number of carbonyl (C=O) groups is 1. The largest absolute Gasteiger partial charge is 0.351 e. The summed E-state index contributed by atoms with van der Waals surface area (Å²) in [6.07, 6.45) is 1.72. The number of aromatic amines is 1. The van der Waals surface area contributed by atoms with Gasteiger partial charge in [0.2, 0.25) is 0 Å². The second kappa shape index (κ2) is 4.10. The van der Waals surface area contributed by atoms with E-state index < -0.39 is 0 Å². The molecule has 0 unspecified atom stereocenters. The van der Waals surface area contributed by atoms with Gasteiger partial charge < -0.3 is 11.1 Å². The van der Waals surface area contributed by atoms with Crippen LogP contribution in [0.1, 0.15) is 10.4 Å². The molecule has 0 radical (unpaired) electrons. The molecule has 0 saturated heterocycles. The number of nitrogens with one attached hydrogen (secondary N) is 2. The number of nitrogens with two attached hydrogens (primary N) is 1. The van der Waals surface area contributed by atoms with E-state index in [0.717, 1.165) is 10.9 Å². The van der Waals surface area contributed by atoms with Crippen molar-refractivity contribution in [3.63, 3.8) is 0 Å². The van der Waals surface area contributed by atoms with Crippen LogP contribution in [-0.2, 0) is 0 Å². The molecule has 0 fully saturated rings. The summed E-state index contributed by atoms with van der Waals surface area (Å²) in [6, 6.07) is 5.40. The highest BCUT2D eigenvalue weighted by Gasteiger charge is 2.05. The highest BCUT2D eigenvalue weighted by atomic mass is 16.1. The van der Waals surface area contributed by atoms with Crippen molar-refractivity contribution in [3.8, 4) is 0 Å². The van der Waals surface area contributed by atoms with E-state index in [0.29, 0.717) is 18.7 Å². The summed E-state index contributed by atoms with van der Waals surface area (Å²) in [5, 5.41) is 10.4. The number of H-pyrrole nitrogens is 1. The first-order valence-corrected chi connectivity index (χ1v) is 4.72. The number of fused-ring (bicyclic) bond motifs is 1. The van der Waals surface area contributed by atoms with E-state index in [9.17, 15) is 4.79 Å². The van der Waals surface area contributed by atoms with E-state index in [1.807, 2.05) is 6.07 Å².